The van der Waals surface area contributed by atoms with Crippen LogP contribution in [0.25, 0.3) is 33.2 Å². The number of fused-ring (bicyclic) bond motifs is 7. The molecule has 0 radical (unpaired) electrons. The SMILES string of the molecule is COC(=O)[C@@H](N)C[C@@H]1CCNC1=O.COC(=O)[C@H](C[C@@H]1CCNC1=O)NC(=O)OC(C)(C)C.COC(=O)[C@H](C[C@@H]1CCNC1=O)NC(=O)[C@@H]1C[C@@H](C2CCCCC2)CN1.COC(=O)[C@H](C[C@@H]1CCNC1=O)NC(=O)[C@@H]1C[C@@H](C2CCCCC2)CN1C(=O)OCC1c2ccccc2-c2ccccc21.COc1cccc2[nH]c(C(=O)O)cc12.O=C(O)[C@@H]1C[C@@H](C2CCCCC2)CN1C(=O)OCC1c2ccccc2-c2ccccc21. The second kappa shape index (κ2) is 52.9. The highest BCUT2D eigenvalue weighted by atomic mass is 16.6. The van der Waals surface area contributed by atoms with Gasteiger partial charge in [-0.15, -0.1) is 0 Å². The van der Waals surface area contributed by atoms with E-state index in [4.69, 9.17) is 39.3 Å². The van der Waals surface area contributed by atoms with Crippen LogP contribution in [-0.2, 0) is 85.9 Å². The van der Waals surface area contributed by atoms with Gasteiger partial charge in [0.25, 0.3) is 0 Å². The number of benzene rings is 5. The Morgan fingerprint density at radius 1 is 0.429 bits per heavy atom. The monoisotopic (exact) mass is 2040 g/mol. The second-order valence-corrected chi connectivity index (χ2v) is 41.4. The summed E-state index contributed by atoms with van der Waals surface area (Å²) >= 11 is 0. The van der Waals surface area contributed by atoms with Gasteiger partial charge < -0.3 is 101 Å². The van der Waals surface area contributed by atoms with Crippen LogP contribution in [0.1, 0.15) is 232 Å². The third-order valence-electron chi connectivity index (χ3n) is 30.9. The molecule has 7 aliphatic heterocycles. The minimum atomic E-state index is -0.969. The highest BCUT2D eigenvalue weighted by Gasteiger charge is 2.49. The Balaban J connectivity index is 0.000000155. The highest BCUT2D eigenvalue weighted by Crippen LogP contribution is 2.48. The topological polar surface area (TPSA) is 515 Å². The molecule has 796 valence electrons. The van der Waals surface area contributed by atoms with Gasteiger partial charge in [-0.05, 0) is 196 Å². The molecule has 13 N–H and O–H groups in total. The lowest BCUT2D eigenvalue weighted by molar-refractivity contribution is -0.146. The molecule has 18 rings (SSSR count). The van der Waals surface area contributed by atoms with E-state index in [1.807, 2.05) is 60.7 Å². The summed E-state index contributed by atoms with van der Waals surface area (Å²) in [5.41, 5.74) is 15.0. The number of hydrogen-bond donors (Lipinski definition) is 12. The molecule has 0 unspecified atom stereocenters. The second-order valence-electron chi connectivity index (χ2n) is 41.4. The molecule has 0 bridgehead atoms. The maximum atomic E-state index is 13.8. The summed E-state index contributed by atoms with van der Waals surface area (Å²) in [5.74, 6) is -2.65. The first-order chi connectivity index (χ1) is 70.7. The molecule has 147 heavy (non-hydrogen) atoms. The summed E-state index contributed by atoms with van der Waals surface area (Å²) in [7, 11) is 6.66. The fourth-order valence-electron chi connectivity index (χ4n) is 23.2. The van der Waals surface area contributed by atoms with Gasteiger partial charge in [0.05, 0.1) is 41.6 Å². The number of nitrogens with zero attached hydrogens (tertiary/aromatic N) is 2. The summed E-state index contributed by atoms with van der Waals surface area (Å²) in [6, 6.07) is 34.7. The standard InChI is InChI=1S/C34H41N3O6.C26H29NO4.C19H31N3O4.C13H22N2O5.C10H9NO3.C8H14N2O3/c1-42-33(40)29(17-22-15-16-35-31(22)38)36-32(39)30-18-23(21-9-3-2-4-10-21)19-37(30)34(41)43-20-28-26-13-7-5-11-24(26)25-12-6-8-14-27(25)28;28-25(29)24-14-18(17-8-2-1-3-9-17)15-27(24)26(30)31-16-23-21-12-6-4-10-19(21)20-11-5-7-13-22(20)23;1-26-19(25)16(9-13-7-8-20-17(13)23)22-18(24)15-10-14(11-21-15)12-5-3-2-4-6-12;1-13(2,3)20-12(18)15-9(11(17)19-4)7-8-5-6-14-10(8)16;1-14-9-4-2-3-7-6(9)5-8(11-7)10(12)13;1-13-8(12)6(9)4-5-2-3-10-7(5)11/h5-8,11-14,21-23,28-30H,2-4,9-10,15-20H2,1H3,(H,35,38)(H,36,39);4-7,10-13,17-18,23-24H,1-3,8-9,14-16H2,(H,28,29);12-16,21H,2-11H2,1H3,(H,20,23)(H,22,24);8-9H,5-7H2,1-4H3,(H,14,16)(H,15,18);2-5,11H,1H3,(H,12,13);5-6H,2-4,9H2,1H3,(H,10,11)/t22-,23+,29-,30-;18-,24+;13-,14+,15-,16-;8-,9-;;5-,6-/m0100.0/s1. The molecular formula is C110H146N12O25. The maximum absolute atomic E-state index is 13.8. The molecule has 5 aromatic carbocycles. The number of carboxylic acid groups (broad SMARTS) is 2. The average molecular weight is 2040 g/mol. The van der Waals surface area contributed by atoms with Crippen LogP contribution >= 0.6 is 0 Å². The number of hydrogen-bond acceptors (Lipinski definition) is 25. The third-order valence-corrected chi connectivity index (χ3v) is 30.9. The Morgan fingerprint density at radius 3 is 1.18 bits per heavy atom. The number of H-pyrrole nitrogens is 1. The number of carbonyl (C=O) groups is 15. The first-order valence-corrected chi connectivity index (χ1v) is 52.1. The van der Waals surface area contributed by atoms with Crippen LogP contribution in [-0.4, -0.2) is 257 Å². The van der Waals surface area contributed by atoms with Crippen molar-refractivity contribution in [3.63, 3.8) is 0 Å². The number of aromatic amines is 1. The molecule has 6 aromatic rings. The van der Waals surface area contributed by atoms with E-state index in [1.54, 1.807) is 44.9 Å². The van der Waals surface area contributed by atoms with Crippen molar-refractivity contribution in [1.29, 1.82) is 0 Å². The summed E-state index contributed by atoms with van der Waals surface area (Å²) in [6.07, 6.45) is 22.1. The molecule has 14 atom stereocenters. The number of alkyl carbamates (subject to hydrolysis) is 1. The summed E-state index contributed by atoms with van der Waals surface area (Å²) < 4.78 is 40.9. The van der Waals surface area contributed by atoms with Gasteiger partial charge in [0.1, 0.15) is 66.5 Å². The molecule has 3 saturated carbocycles. The lowest BCUT2D eigenvalue weighted by atomic mass is 9.79. The zero-order chi connectivity index (χ0) is 105. The number of aliphatic carboxylic acids is 1. The average Bonchev–Trinajstić information content (AvgIpc) is 1.61. The minimum absolute atomic E-state index is 0.0145. The van der Waals surface area contributed by atoms with Crippen molar-refractivity contribution in [3.8, 4) is 28.0 Å². The molecule has 37 heteroatoms. The number of likely N-dealkylation sites (tertiary alicyclic amines) is 2. The molecule has 10 fully saturated rings. The van der Waals surface area contributed by atoms with Crippen molar-refractivity contribution < 1.29 is 120 Å². The van der Waals surface area contributed by atoms with Crippen LogP contribution in [0.3, 0.4) is 0 Å². The summed E-state index contributed by atoms with van der Waals surface area (Å²) in [4.78, 5) is 187. The lowest BCUT2D eigenvalue weighted by Gasteiger charge is -2.27. The van der Waals surface area contributed by atoms with Gasteiger partial charge in [-0.2, -0.15) is 0 Å². The predicted octanol–water partition coefficient (Wildman–Crippen LogP) is 11.9. The lowest BCUT2D eigenvalue weighted by Crippen LogP contribution is -2.52. The van der Waals surface area contributed by atoms with E-state index >= 15 is 0 Å². The van der Waals surface area contributed by atoms with Gasteiger partial charge in [0, 0.05) is 85.7 Å². The molecule has 12 aliphatic rings. The van der Waals surface area contributed by atoms with E-state index in [2.05, 4.69) is 106 Å². The molecule has 0 spiro atoms. The van der Waals surface area contributed by atoms with Crippen molar-refractivity contribution in [2.24, 2.45) is 64.9 Å². The van der Waals surface area contributed by atoms with Crippen molar-refractivity contribution in [3.05, 3.63) is 149 Å². The number of aromatic nitrogens is 1. The Morgan fingerprint density at radius 2 is 0.803 bits per heavy atom. The van der Waals surface area contributed by atoms with Crippen molar-refractivity contribution >= 4 is 100 Å². The Bertz CT molecular complexity index is 5520. The molecule has 8 heterocycles. The number of nitrogens with two attached hydrogens (primary N) is 1. The van der Waals surface area contributed by atoms with Gasteiger partial charge in [0.15, 0.2) is 0 Å². The van der Waals surface area contributed by atoms with E-state index in [0.29, 0.717) is 114 Å². The Hall–Kier alpha value is -13.2. The van der Waals surface area contributed by atoms with Gasteiger partial charge in [-0.3, -0.25) is 43.4 Å². The van der Waals surface area contributed by atoms with E-state index < -0.39 is 102 Å². The molecule has 9 amide bonds. The number of methoxy groups -OCH3 is 5. The number of carboxylic acids is 2. The largest absolute Gasteiger partial charge is 0.496 e. The number of rotatable bonds is 27. The number of nitrogens with one attached hydrogen (secondary N) is 9. The Labute approximate surface area is 857 Å². The quantitative estimate of drug-likeness (QED) is 0.0168. The van der Waals surface area contributed by atoms with Crippen LogP contribution in [0.4, 0.5) is 14.4 Å². The molecule has 7 saturated heterocycles. The highest BCUT2D eigenvalue weighted by molar-refractivity contribution is 5.97. The molecular weight excluding hydrogens is 1890 g/mol. The van der Waals surface area contributed by atoms with Crippen molar-refractivity contribution in [2.75, 3.05) is 94.6 Å². The molecule has 5 aliphatic carbocycles. The summed E-state index contributed by atoms with van der Waals surface area (Å²) in [6.45, 7) is 9.84. The van der Waals surface area contributed by atoms with E-state index in [-0.39, 0.29) is 115 Å². The maximum Gasteiger partial charge on any atom is 0.410 e. The van der Waals surface area contributed by atoms with E-state index in [0.717, 1.165) is 102 Å². The zero-order valence-electron chi connectivity index (χ0n) is 85.5. The number of esters is 4. The van der Waals surface area contributed by atoms with E-state index in [9.17, 15) is 77.0 Å². The fourth-order valence-corrected chi connectivity index (χ4v) is 23.2. The van der Waals surface area contributed by atoms with Crippen LogP contribution < -0.4 is 53.0 Å². The van der Waals surface area contributed by atoms with Crippen LogP contribution in [0.15, 0.2) is 121 Å². The van der Waals surface area contributed by atoms with Gasteiger partial charge in [-0.1, -0.05) is 199 Å². The number of ether oxygens (including phenoxy) is 8. The number of aromatic carboxylic acids is 1. The summed E-state index contributed by atoms with van der Waals surface area (Å²) in [5, 5.41) is 41.7. The van der Waals surface area contributed by atoms with Crippen LogP contribution in [0.2, 0.25) is 0 Å². The minimum Gasteiger partial charge on any atom is -0.496 e. The first kappa shape index (κ1) is 111. The molecule has 1 aromatic heterocycles. The van der Waals surface area contributed by atoms with Crippen molar-refractivity contribution in [1.82, 2.24) is 57.3 Å². The van der Waals surface area contributed by atoms with Crippen LogP contribution in [0, 0.1) is 59.2 Å². The normalized spacial score (nSPS) is 23.2. The van der Waals surface area contributed by atoms with Gasteiger partial charge in [0.2, 0.25) is 35.4 Å². The Kier molecular flexibility index (Phi) is 40.0. The number of amides is 9. The number of carbonyl (C=O) groups excluding carboxylic acids is 13. The smallest absolute Gasteiger partial charge is 0.410 e. The first-order valence-electron chi connectivity index (χ1n) is 52.1. The predicted molar refractivity (Wildman–Crippen MR) is 542 cm³/mol. The van der Waals surface area contributed by atoms with Gasteiger partial charge in [-0.25, -0.2) is 38.4 Å². The van der Waals surface area contributed by atoms with Crippen molar-refractivity contribution in [2.45, 2.75) is 247 Å². The fraction of sp³-hybridized carbons (Fsp3) is 0.573. The van der Waals surface area contributed by atoms with E-state index in [1.165, 1.54) is 102 Å². The van der Waals surface area contributed by atoms with Gasteiger partial charge >= 0.3 is 54.1 Å². The zero-order valence-corrected chi connectivity index (χ0v) is 85.5. The molecule has 37 nitrogen and oxygen atoms in total. The van der Waals surface area contributed by atoms with Crippen LogP contribution in [0.5, 0.6) is 5.75 Å². The third kappa shape index (κ3) is 29.2.